The molecule has 0 radical (unpaired) electrons. The monoisotopic (exact) mass is 321 g/mol. The Bertz CT molecular complexity index is 533. The van der Waals surface area contributed by atoms with Gasteiger partial charge < -0.3 is 25.4 Å². The van der Waals surface area contributed by atoms with Crippen LogP contribution in [0.3, 0.4) is 0 Å². The fourth-order valence-electron chi connectivity index (χ4n) is 2.59. The number of methoxy groups -OCH3 is 1. The lowest BCUT2D eigenvalue weighted by molar-refractivity contribution is -0.132. The highest BCUT2D eigenvalue weighted by molar-refractivity contribution is 5.83. The molecule has 1 fully saturated rings. The molecule has 0 aliphatic carbocycles. The first-order chi connectivity index (χ1) is 11.1. The zero-order chi connectivity index (χ0) is 16.7. The fourth-order valence-corrected chi connectivity index (χ4v) is 2.59. The summed E-state index contributed by atoms with van der Waals surface area (Å²) >= 11 is 0. The summed E-state index contributed by atoms with van der Waals surface area (Å²) in [4.78, 5) is 24.4. The third-order valence-corrected chi connectivity index (χ3v) is 3.83. The lowest BCUT2D eigenvalue weighted by Crippen LogP contribution is -2.46. The van der Waals surface area contributed by atoms with Gasteiger partial charge in [-0.2, -0.15) is 0 Å². The number of benzene rings is 1. The first-order valence-electron chi connectivity index (χ1n) is 7.66. The minimum absolute atomic E-state index is 0.0542. The summed E-state index contributed by atoms with van der Waals surface area (Å²) in [7, 11) is 1.62. The van der Waals surface area contributed by atoms with Gasteiger partial charge in [-0.15, -0.1) is 0 Å². The van der Waals surface area contributed by atoms with Crippen LogP contribution in [0.1, 0.15) is 12.8 Å². The van der Waals surface area contributed by atoms with Crippen molar-refractivity contribution in [1.82, 2.24) is 10.2 Å². The van der Waals surface area contributed by atoms with Crippen molar-refractivity contribution in [3.05, 3.63) is 24.3 Å². The summed E-state index contributed by atoms with van der Waals surface area (Å²) in [6.07, 6.45) is 1.95. The van der Waals surface area contributed by atoms with Crippen molar-refractivity contribution >= 4 is 11.9 Å². The van der Waals surface area contributed by atoms with Crippen molar-refractivity contribution in [2.75, 3.05) is 33.4 Å². The van der Waals surface area contributed by atoms with Gasteiger partial charge in [0.15, 0.2) is 0 Å². The number of hydrogen-bond donors (Lipinski definition) is 2. The van der Waals surface area contributed by atoms with Gasteiger partial charge in [0, 0.05) is 19.0 Å². The summed E-state index contributed by atoms with van der Waals surface area (Å²) in [5.41, 5.74) is 4.98. The zero-order valence-corrected chi connectivity index (χ0v) is 13.3. The molecule has 1 aliphatic heterocycles. The van der Waals surface area contributed by atoms with Crippen LogP contribution in [-0.4, -0.2) is 50.2 Å². The van der Waals surface area contributed by atoms with Crippen molar-refractivity contribution in [2.24, 2.45) is 11.7 Å². The molecule has 3 amide bonds. The van der Waals surface area contributed by atoms with Gasteiger partial charge in [-0.1, -0.05) is 0 Å². The van der Waals surface area contributed by atoms with Crippen LogP contribution in [0.5, 0.6) is 11.5 Å². The Balaban J connectivity index is 1.78. The average molecular weight is 321 g/mol. The zero-order valence-electron chi connectivity index (χ0n) is 13.3. The van der Waals surface area contributed by atoms with Crippen molar-refractivity contribution in [3.8, 4) is 11.5 Å². The molecule has 0 spiro atoms. The molecule has 0 aromatic heterocycles. The molecule has 1 aromatic carbocycles. The van der Waals surface area contributed by atoms with E-state index in [1.807, 2.05) is 24.3 Å². The van der Waals surface area contributed by atoms with Gasteiger partial charge >= 0.3 is 6.03 Å². The maximum absolute atomic E-state index is 12.0. The number of carbonyl (C=O) groups is 2. The van der Waals surface area contributed by atoms with Crippen LogP contribution in [0.15, 0.2) is 24.3 Å². The number of urea groups is 1. The number of nitrogens with zero attached hydrogens (tertiary/aromatic N) is 1. The molecule has 126 valence electrons. The van der Waals surface area contributed by atoms with Crippen LogP contribution in [-0.2, 0) is 4.79 Å². The van der Waals surface area contributed by atoms with E-state index in [0.717, 1.165) is 24.3 Å². The number of hydrogen-bond acceptors (Lipinski definition) is 4. The van der Waals surface area contributed by atoms with Crippen molar-refractivity contribution in [2.45, 2.75) is 12.8 Å². The predicted molar refractivity (Wildman–Crippen MR) is 85.4 cm³/mol. The number of likely N-dealkylation sites (tertiary alicyclic amines) is 1. The van der Waals surface area contributed by atoms with Crippen LogP contribution >= 0.6 is 0 Å². The van der Waals surface area contributed by atoms with E-state index < -0.39 is 6.03 Å². The van der Waals surface area contributed by atoms with E-state index in [2.05, 4.69) is 5.32 Å². The second-order valence-corrected chi connectivity index (χ2v) is 5.55. The van der Waals surface area contributed by atoms with Gasteiger partial charge in [0.25, 0.3) is 0 Å². The SMILES string of the molecule is COc1ccc(OC[C@@H]2CCCN(C(=O)CNC(N)=O)C2)cc1. The first-order valence-corrected chi connectivity index (χ1v) is 7.66. The molecule has 1 atom stereocenters. The smallest absolute Gasteiger partial charge is 0.312 e. The molecular formula is C16H23N3O4. The molecule has 0 saturated carbocycles. The molecule has 1 aliphatic rings. The number of piperidine rings is 1. The second kappa shape index (κ2) is 8.26. The van der Waals surface area contributed by atoms with E-state index in [1.54, 1.807) is 12.0 Å². The fraction of sp³-hybridized carbons (Fsp3) is 0.500. The van der Waals surface area contributed by atoms with E-state index >= 15 is 0 Å². The standard InChI is InChI=1S/C16H23N3O4/c1-22-13-4-6-14(7-5-13)23-11-12-3-2-8-19(10-12)15(20)9-18-16(17)21/h4-7,12H,2-3,8-11H2,1H3,(H3,17,18,21)/t12-/m1/s1. The van der Waals surface area contributed by atoms with Crippen LogP contribution in [0.4, 0.5) is 4.79 Å². The molecule has 2 rings (SSSR count). The highest BCUT2D eigenvalue weighted by Crippen LogP contribution is 2.21. The number of amides is 3. The second-order valence-electron chi connectivity index (χ2n) is 5.55. The van der Waals surface area contributed by atoms with Gasteiger partial charge in [0.1, 0.15) is 11.5 Å². The van der Waals surface area contributed by atoms with Crippen LogP contribution < -0.4 is 20.5 Å². The van der Waals surface area contributed by atoms with Gasteiger partial charge in [0.05, 0.1) is 20.3 Å². The highest BCUT2D eigenvalue weighted by Gasteiger charge is 2.24. The van der Waals surface area contributed by atoms with Gasteiger partial charge in [-0.05, 0) is 37.1 Å². The Morgan fingerprint density at radius 2 is 2.00 bits per heavy atom. The predicted octanol–water partition coefficient (Wildman–Crippen LogP) is 0.981. The van der Waals surface area contributed by atoms with Gasteiger partial charge in [-0.3, -0.25) is 4.79 Å². The number of ether oxygens (including phenoxy) is 2. The molecule has 3 N–H and O–H groups in total. The van der Waals surface area contributed by atoms with E-state index in [9.17, 15) is 9.59 Å². The van der Waals surface area contributed by atoms with Crippen molar-refractivity contribution < 1.29 is 19.1 Å². The Kier molecular flexibility index (Phi) is 6.08. The summed E-state index contributed by atoms with van der Waals surface area (Å²) in [6.45, 7) is 1.84. The Morgan fingerprint density at radius 1 is 1.30 bits per heavy atom. The summed E-state index contributed by atoms with van der Waals surface area (Å²) in [5.74, 6) is 1.74. The number of nitrogens with two attached hydrogens (primary N) is 1. The summed E-state index contributed by atoms with van der Waals surface area (Å²) < 4.78 is 10.9. The van der Waals surface area contributed by atoms with Crippen LogP contribution in [0, 0.1) is 5.92 Å². The third kappa shape index (κ3) is 5.36. The van der Waals surface area contributed by atoms with Crippen molar-refractivity contribution in [1.29, 1.82) is 0 Å². The topological polar surface area (TPSA) is 93.9 Å². The number of rotatable bonds is 6. The first kappa shape index (κ1) is 16.9. The van der Waals surface area contributed by atoms with Crippen molar-refractivity contribution in [3.63, 3.8) is 0 Å². The lowest BCUT2D eigenvalue weighted by Gasteiger charge is -2.32. The van der Waals surface area contributed by atoms with E-state index in [-0.39, 0.29) is 18.4 Å². The largest absolute Gasteiger partial charge is 0.497 e. The lowest BCUT2D eigenvalue weighted by atomic mass is 9.99. The van der Waals surface area contributed by atoms with Gasteiger partial charge in [-0.25, -0.2) is 4.79 Å². The molecule has 1 aromatic rings. The molecule has 0 unspecified atom stereocenters. The maximum Gasteiger partial charge on any atom is 0.312 e. The summed E-state index contributed by atoms with van der Waals surface area (Å²) in [5, 5.41) is 2.33. The maximum atomic E-state index is 12.0. The number of primary amides is 1. The molecule has 23 heavy (non-hydrogen) atoms. The molecule has 0 bridgehead atoms. The van der Waals surface area contributed by atoms with E-state index in [4.69, 9.17) is 15.2 Å². The van der Waals surface area contributed by atoms with E-state index in [1.165, 1.54) is 0 Å². The minimum Gasteiger partial charge on any atom is -0.497 e. The van der Waals surface area contributed by atoms with Crippen LogP contribution in [0.2, 0.25) is 0 Å². The van der Waals surface area contributed by atoms with Gasteiger partial charge in [0.2, 0.25) is 5.91 Å². The molecule has 1 heterocycles. The van der Waals surface area contributed by atoms with Crippen LogP contribution in [0.25, 0.3) is 0 Å². The molecule has 7 heteroatoms. The minimum atomic E-state index is -0.685. The normalized spacial score (nSPS) is 17.4. The summed E-state index contributed by atoms with van der Waals surface area (Å²) in [6, 6.07) is 6.74. The highest BCUT2D eigenvalue weighted by atomic mass is 16.5. The van der Waals surface area contributed by atoms with E-state index in [0.29, 0.717) is 19.7 Å². The number of nitrogens with one attached hydrogen (secondary N) is 1. The molecule has 7 nitrogen and oxygen atoms in total. The Hall–Kier alpha value is -2.44. The Morgan fingerprint density at radius 3 is 2.65 bits per heavy atom. The Labute approximate surface area is 135 Å². The molecule has 1 saturated heterocycles. The third-order valence-electron chi connectivity index (χ3n) is 3.83. The quantitative estimate of drug-likeness (QED) is 0.817. The number of carbonyl (C=O) groups excluding carboxylic acids is 2. The molecular weight excluding hydrogens is 298 g/mol. The average Bonchev–Trinajstić information content (AvgIpc) is 2.58.